The Kier molecular flexibility index (Phi) is 15.5. The van der Waals surface area contributed by atoms with Crippen molar-refractivity contribution in [1.29, 1.82) is 0 Å². The van der Waals surface area contributed by atoms with E-state index in [0.29, 0.717) is 35.8 Å². The topological polar surface area (TPSA) is 101 Å². The predicted molar refractivity (Wildman–Crippen MR) is 237 cm³/mol. The van der Waals surface area contributed by atoms with Crippen molar-refractivity contribution in [2.45, 2.75) is 41.5 Å². The molecule has 58 heavy (non-hydrogen) atoms. The first-order valence-corrected chi connectivity index (χ1v) is 19.3. The van der Waals surface area contributed by atoms with Gasteiger partial charge in [0.05, 0.1) is 24.6 Å². The summed E-state index contributed by atoms with van der Waals surface area (Å²) in [6.45, 7) is 13.0. The van der Waals surface area contributed by atoms with Gasteiger partial charge in [0.2, 0.25) is 0 Å². The monoisotopic (exact) mass is 770 g/mol. The number of aryl methyl sites for hydroxylation is 4. The van der Waals surface area contributed by atoms with Gasteiger partial charge in [-0.25, -0.2) is 10.9 Å². The van der Waals surface area contributed by atoms with E-state index in [2.05, 4.69) is 21.1 Å². The van der Waals surface area contributed by atoms with Crippen molar-refractivity contribution in [3.8, 4) is 0 Å². The van der Waals surface area contributed by atoms with Crippen LogP contribution in [-0.4, -0.2) is 36.5 Å². The van der Waals surface area contributed by atoms with Crippen molar-refractivity contribution in [3.05, 3.63) is 213 Å². The third kappa shape index (κ3) is 12.5. The van der Waals surface area contributed by atoms with Crippen LogP contribution < -0.4 is 10.9 Å². The second-order valence-electron chi connectivity index (χ2n) is 13.6. The van der Waals surface area contributed by atoms with Gasteiger partial charge in [-0.2, -0.15) is 10.2 Å². The molecule has 5 aromatic rings. The number of carbonyl (C=O) groups excluding carboxylic acids is 2. The molecule has 0 heterocycles. The summed E-state index contributed by atoms with van der Waals surface area (Å²) in [6.07, 6.45) is 11.1. The molecule has 2 amide bonds. The van der Waals surface area contributed by atoms with E-state index in [1.165, 1.54) is 11.1 Å². The molecule has 0 unspecified atom stereocenters. The van der Waals surface area contributed by atoms with Gasteiger partial charge >= 0.3 is 0 Å². The molecule has 0 spiro atoms. The fraction of sp³-hybridized carbons (Fsp3) is 0.160. The molecule has 2 N–H and O–H groups in total. The Morgan fingerprint density at radius 1 is 0.448 bits per heavy atom. The summed E-state index contributed by atoms with van der Waals surface area (Å²) in [5.74, 6) is 0.604. The number of ether oxygens (including phenoxy) is 2. The van der Waals surface area contributed by atoms with Gasteiger partial charge in [0, 0.05) is 33.4 Å². The van der Waals surface area contributed by atoms with E-state index < -0.39 is 11.8 Å². The van der Waals surface area contributed by atoms with Crippen LogP contribution in [0.15, 0.2) is 168 Å². The Morgan fingerprint density at radius 2 is 0.724 bits per heavy atom. The van der Waals surface area contributed by atoms with E-state index in [9.17, 15) is 9.59 Å². The number of amides is 2. The molecule has 0 radical (unpaired) electrons. The van der Waals surface area contributed by atoms with Gasteiger partial charge in [0.25, 0.3) is 11.8 Å². The summed E-state index contributed by atoms with van der Waals surface area (Å²) < 4.78 is 11.8. The van der Waals surface area contributed by atoms with Crippen LogP contribution in [-0.2, 0) is 9.47 Å². The highest BCUT2D eigenvalue weighted by molar-refractivity contribution is 6.10. The lowest BCUT2D eigenvalue weighted by atomic mass is 10.1. The zero-order valence-electron chi connectivity index (χ0n) is 34.0. The molecule has 5 rings (SSSR count). The minimum Gasteiger partial charge on any atom is -0.493 e. The van der Waals surface area contributed by atoms with Crippen molar-refractivity contribution in [2.24, 2.45) is 10.2 Å². The number of hydrogen-bond donors (Lipinski definition) is 2. The van der Waals surface area contributed by atoms with Crippen LogP contribution in [0.2, 0.25) is 0 Å². The van der Waals surface area contributed by atoms with Crippen molar-refractivity contribution in [1.82, 2.24) is 10.9 Å². The fourth-order valence-electron chi connectivity index (χ4n) is 5.62. The van der Waals surface area contributed by atoms with E-state index in [1.807, 2.05) is 175 Å². The number of rotatable bonds is 16. The first-order valence-electron chi connectivity index (χ1n) is 19.3. The lowest BCUT2D eigenvalue weighted by Crippen LogP contribution is -2.21. The first kappa shape index (κ1) is 42.1. The Balaban J connectivity index is 1.31. The van der Waals surface area contributed by atoms with Gasteiger partial charge in [0.15, 0.2) is 0 Å². The first-order chi connectivity index (χ1) is 28.1. The lowest BCUT2D eigenvalue weighted by molar-refractivity contribution is 0.0943. The van der Waals surface area contributed by atoms with Crippen molar-refractivity contribution >= 4 is 34.8 Å². The molecule has 0 saturated heterocycles. The van der Waals surface area contributed by atoms with Gasteiger partial charge in [-0.3, -0.25) is 9.59 Å². The quantitative estimate of drug-likeness (QED) is 0.0451. The summed E-state index contributed by atoms with van der Waals surface area (Å²) in [7, 11) is 0. The SMILES string of the molecule is CCO\C(=C/C=C/C(=N/NC(=O)c1ccc(C(=O)N\N=C(/C=C/C=C(/OCC)c2ccc(C)cc2)c2ccc(C)cc2)cc1)c1ccc(C)cc1)c1ccc(C)cc1. The third-order valence-electron chi connectivity index (χ3n) is 8.93. The van der Waals surface area contributed by atoms with Gasteiger partial charge in [-0.05, 0) is 90.1 Å². The standard InChI is InChI=1S/C50H50N4O4/c1-7-57-47(41-27-19-37(5)20-28-41)13-9-11-45(39-23-15-35(3)16-24-39)51-53-49(55)43-31-33-44(34-32-43)50(56)54-52-46(40-25-17-36(4)18-26-40)12-10-14-48(58-8-2)42-29-21-38(6)22-30-42/h9-34H,7-8H2,1-6H3,(H,53,55)(H,54,56)/b11-9+,12-10+,47-13-,48-14+,51-45-,52-46+. The molecule has 0 atom stereocenters. The van der Waals surface area contributed by atoms with Crippen LogP contribution in [0.3, 0.4) is 0 Å². The summed E-state index contributed by atoms with van der Waals surface area (Å²) in [4.78, 5) is 26.5. The summed E-state index contributed by atoms with van der Waals surface area (Å²) in [6, 6.07) is 38.3. The zero-order chi connectivity index (χ0) is 41.3. The maximum atomic E-state index is 13.3. The Bertz CT molecular complexity index is 2160. The zero-order valence-corrected chi connectivity index (χ0v) is 34.0. The molecule has 0 aromatic heterocycles. The molecule has 0 bridgehead atoms. The molecular weight excluding hydrogens is 721 g/mol. The molecule has 8 heteroatoms. The second kappa shape index (κ2) is 21.3. The number of benzene rings is 5. The Labute approximate surface area is 342 Å². The average molecular weight is 771 g/mol. The minimum absolute atomic E-state index is 0.336. The van der Waals surface area contributed by atoms with Gasteiger partial charge in [-0.1, -0.05) is 131 Å². The molecule has 294 valence electrons. The van der Waals surface area contributed by atoms with Crippen LogP contribution in [0.4, 0.5) is 0 Å². The van der Waals surface area contributed by atoms with E-state index in [-0.39, 0.29) is 0 Å². The Morgan fingerprint density at radius 3 is 1.02 bits per heavy atom. The average Bonchev–Trinajstić information content (AvgIpc) is 3.23. The smallest absolute Gasteiger partial charge is 0.271 e. The second-order valence-corrected chi connectivity index (χ2v) is 13.6. The summed E-state index contributed by atoms with van der Waals surface area (Å²) in [5, 5.41) is 8.96. The number of hydrogen-bond acceptors (Lipinski definition) is 6. The summed E-state index contributed by atoms with van der Waals surface area (Å²) >= 11 is 0. The van der Waals surface area contributed by atoms with Crippen LogP contribution in [0.5, 0.6) is 0 Å². The van der Waals surface area contributed by atoms with Crippen LogP contribution in [0.25, 0.3) is 11.5 Å². The summed E-state index contributed by atoms with van der Waals surface area (Å²) in [5.41, 5.74) is 15.2. The maximum absolute atomic E-state index is 13.3. The molecular formula is C50H50N4O4. The number of carbonyl (C=O) groups is 2. The third-order valence-corrected chi connectivity index (χ3v) is 8.93. The molecule has 0 saturated carbocycles. The number of nitrogens with one attached hydrogen (secondary N) is 2. The van der Waals surface area contributed by atoms with Gasteiger partial charge < -0.3 is 9.47 Å². The van der Waals surface area contributed by atoms with E-state index in [0.717, 1.165) is 44.9 Å². The lowest BCUT2D eigenvalue weighted by Gasteiger charge is -2.09. The highest BCUT2D eigenvalue weighted by Gasteiger charge is 2.11. The predicted octanol–water partition coefficient (Wildman–Crippen LogP) is 10.5. The van der Waals surface area contributed by atoms with Gasteiger partial charge in [0.1, 0.15) is 11.5 Å². The highest BCUT2D eigenvalue weighted by atomic mass is 16.5. The van der Waals surface area contributed by atoms with Crippen LogP contribution in [0, 0.1) is 27.7 Å². The largest absolute Gasteiger partial charge is 0.493 e. The van der Waals surface area contributed by atoms with E-state index in [1.54, 1.807) is 24.3 Å². The molecule has 5 aromatic carbocycles. The molecule has 0 aliphatic heterocycles. The normalized spacial score (nSPS) is 12.5. The van der Waals surface area contributed by atoms with E-state index in [4.69, 9.17) is 9.47 Å². The molecule has 0 fully saturated rings. The Hall–Kier alpha value is -7.06. The molecule has 0 aliphatic rings. The molecule has 8 nitrogen and oxygen atoms in total. The van der Waals surface area contributed by atoms with Gasteiger partial charge in [-0.15, -0.1) is 0 Å². The number of allylic oxidation sites excluding steroid dienone is 6. The minimum atomic E-state index is -0.426. The fourth-order valence-corrected chi connectivity index (χ4v) is 5.62. The van der Waals surface area contributed by atoms with Crippen LogP contribution >= 0.6 is 0 Å². The van der Waals surface area contributed by atoms with Crippen LogP contribution in [0.1, 0.15) is 79.1 Å². The van der Waals surface area contributed by atoms with Crippen molar-refractivity contribution in [3.63, 3.8) is 0 Å². The van der Waals surface area contributed by atoms with E-state index >= 15 is 0 Å². The van der Waals surface area contributed by atoms with Crippen molar-refractivity contribution < 1.29 is 19.1 Å². The molecule has 0 aliphatic carbocycles. The maximum Gasteiger partial charge on any atom is 0.271 e. The number of hydrazone groups is 2. The van der Waals surface area contributed by atoms with Crippen molar-refractivity contribution in [2.75, 3.05) is 13.2 Å². The number of nitrogens with zero attached hydrogens (tertiary/aromatic N) is 2. The highest BCUT2D eigenvalue weighted by Crippen LogP contribution is 2.19.